The van der Waals surface area contributed by atoms with E-state index in [1.807, 2.05) is 11.8 Å². The van der Waals surface area contributed by atoms with Crippen molar-refractivity contribution in [2.24, 2.45) is 0 Å². The van der Waals surface area contributed by atoms with Crippen LogP contribution in [0.5, 0.6) is 5.75 Å². The maximum atomic E-state index is 6.12. The van der Waals surface area contributed by atoms with Gasteiger partial charge in [-0.15, -0.1) is 11.8 Å². The van der Waals surface area contributed by atoms with Gasteiger partial charge in [0, 0.05) is 42.4 Å². The molecule has 4 rings (SSSR count). The largest absolute Gasteiger partial charge is 0.493 e. The molecule has 0 aliphatic carbocycles. The zero-order valence-electron chi connectivity index (χ0n) is 17.0. The highest BCUT2D eigenvalue weighted by Crippen LogP contribution is 2.37. The number of ether oxygens (including phenoxy) is 1. The number of anilines is 1. The molecule has 1 fully saturated rings. The summed E-state index contributed by atoms with van der Waals surface area (Å²) in [6, 6.07) is 18.2. The van der Waals surface area contributed by atoms with Gasteiger partial charge in [-0.05, 0) is 56.8 Å². The maximum Gasteiger partial charge on any atom is 0.121 e. The minimum Gasteiger partial charge on any atom is -0.493 e. The highest BCUT2D eigenvalue weighted by molar-refractivity contribution is 7.99. The lowest BCUT2D eigenvalue weighted by Crippen LogP contribution is -2.31. The summed E-state index contributed by atoms with van der Waals surface area (Å²) in [7, 11) is 0. The summed E-state index contributed by atoms with van der Waals surface area (Å²) in [4.78, 5) is 6.51. The van der Waals surface area contributed by atoms with Crippen LogP contribution in [0.15, 0.2) is 53.4 Å². The third-order valence-electron chi connectivity index (χ3n) is 5.95. The van der Waals surface area contributed by atoms with E-state index in [9.17, 15) is 0 Å². The molecule has 1 unspecified atom stereocenters. The fraction of sp³-hybridized carbons (Fsp3) is 0.500. The van der Waals surface area contributed by atoms with Gasteiger partial charge < -0.3 is 14.5 Å². The van der Waals surface area contributed by atoms with Crippen LogP contribution in [0.3, 0.4) is 0 Å². The van der Waals surface area contributed by atoms with Gasteiger partial charge in [0.15, 0.2) is 0 Å². The Morgan fingerprint density at radius 3 is 2.79 bits per heavy atom. The smallest absolute Gasteiger partial charge is 0.121 e. The van der Waals surface area contributed by atoms with E-state index < -0.39 is 0 Å². The first-order valence-corrected chi connectivity index (χ1v) is 11.7. The minimum atomic E-state index is 0.749. The lowest BCUT2D eigenvalue weighted by molar-refractivity contribution is 0.230. The first kappa shape index (κ1) is 19.7. The minimum absolute atomic E-state index is 0.749. The van der Waals surface area contributed by atoms with Crippen LogP contribution in [0.4, 0.5) is 5.69 Å². The molecular formula is C24H32N2OS. The van der Waals surface area contributed by atoms with E-state index in [1.165, 1.54) is 35.5 Å². The Kier molecular flexibility index (Phi) is 6.81. The van der Waals surface area contributed by atoms with Gasteiger partial charge in [0.25, 0.3) is 0 Å². The number of rotatable bonds is 8. The van der Waals surface area contributed by atoms with Crippen LogP contribution in [0.1, 0.15) is 31.7 Å². The van der Waals surface area contributed by atoms with Crippen LogP contribution >= 0.6 is 11.8 Å². The molecule has 150 valence electrons. The fourth-order valence-electron chi connectivity index (χ4n) is 4.27. The molecule has 0 spiro atoms. The Morgan fingerprint density at radius 1 is 1.07 bits per heavy atom. The molecule has 0 radical (unpaired) electrons. The zero-order chi connectivity index (χ0) is 19.2. The van der Waals surface area contributed by atoms with Gasteiger partial charge in [-0.3, -0.25) is 0 Å². The standard InChI is InChI=1S/C24H32N2OS/c1-20-7-5-13-25(20)14-6-17-27-22-10-11-24-23(19-22)26(16-18-28-24)15-12-21-8-3-2-4-9-21/h2-4,8-11,19-20H,5-7,12-18H2,1H3. The third-order valence-corrected chi connectivity index (χ3v) is 6.99. The summed E-state index contributed by atoms with van der Waals surface area (Å²) in [6.07, 6.45) is 4.89. The fourth-order valence-corrected chi connectivity index (χ4v) is 5.30. The van der Waals surface area contributed by atoms with E-state index in [-0.39, 0.29) is 0 Å². The van der Waals surface area contributed by atoms with Crippen LogP contribution in [-0.4, -0.2) is 49.5 Å². The molecule has 2 aliphatic heterocycles. The number of thioether (sulfide) groups is 1. The second-order valence-corrected chi connectivity index (χ2v) is 9.07. The monoisotopic (exact) mass is 396 g/mol. The second kappa shape index (κ2) is 9.71. The maximum absolute atomic E-state index is 6.12. The molecule has 1 atom stereocenters. The Hall–Kier alpha value is -1.65. The molecule has 1 saturated heterocycles. The molecular weight excluding hydrogens is 364 g/mol. The highest BCUT2D eigenvalue weighted by Gasteiger charge is 2.20. The van der Waals surface area contributed by atoms with Crippen molar-refractivity contribution >= 4 is 17.4 Å². The lowest BCUT2D eigenvalue weighted by atomic mass is 10.1. The van der Waals surface area contributed by atoms with E-state index in [2.05, 4.69) is 65.3 Å². The van der Waals surface area contributed by atoms with Gasteiger partial charge in [0.2, 0.25) is 0 Å². The molecule has 2 aromatic rings. The van der Waals surface area contributed by atoms with Crippen molar-refractivity contribution in [3.05, 3.63) is 54.1 Å². The van der Waals surface area contributed by atoms with Crippen LogP contribution < -0.4 is 9.64 Å². The molecule has 0 aromatic heterocycles. The van der Waals surface area contributed by atoms with Gasteiger partial charge in [-0.1, -0.05) is 30.3 Å². The summed E-state index contributed by atoms with van der Waals surface area (Å²) >= 11 is 1.96. The second-order valence-electron chi connectivity index (χ2n) is 7.93. The molecule has 2 aromatic carbocycles. The molecule has 0 bridgehead atoms. The number of likely N-dealkylation sites (tertiary alicyclic amines) is 1. The predicted octanol–water partition coefficient (Wildman–Crippen LogP) is 5.09. The van der Waals surface area contributed by atoms with E-state index in [4.69, 9.17) is 4.74 Å². The predicted molar refractivity (Wildman–Crippen MR) is 120 cm³/mol. The summed E-state index contributed by atoms with van der Waals surface area (Å²) in [6.45, 7) is 7.74. The molecule has 0 saturated carbocycles. The normalized spacial score (nSPS) is 19.6. The van der Waals surface area contributed by atoms with Crippen molar-refractivity contribution in [2.45, 2.75) is 43.5 Å². The Bertz CT molecular complexity index is 752. The number of hydrogen-bond acceptors (Lipinski definition) is 4. The molecule has 2 heterocycles. The number of nitrogens with zero attached hydrogens (tertiary/aromatic N) is 2. The van der Waals surface area contributed by atoms with E-state index in [0.717, 1.165) is 56.6 Å². The van der Waals surface area contributed by atoms with Crippen LogP contribution in [0, 0.1) is 0 Å². The van der Waals surface area contributed by atoms with Gasteiger partial charge in [-0.25, -0.2) is 0 Å². The summed E-state index contributed by atoms with van der Waals surface area (Å²) in [5.74, 6) is 2.18. The molecule has 4 heteroatoms. The average Bonchev–Trinajstić information content (AvgIpc) is 3.15. The topological polar surface area (TPSA) is 15.7 Å². The molecule has 0 amide bonds. The highest BCUT2D eigenvalue weighted by atomic mass is 32.2. The van der Waals surface area contributed by atoms with Crippen molar-refractivity contribution in [2.75, 3.05) is 43.4 Å². The van der Waals surface area contributed by atoms with Crippen molar-refractivity contribution in [1.29, 1.82) is 0 Å². The quantitative estimate of drug-likeness (QED) is 0.577. The van der Waals surface area contributed by atoms with Gasteiger partial charge in [0.05, 0.1) is 12.3 Å². The SMILES string of the molecule is CC1CCCN1CCCOc1ccc2c(c1)N(CCc1ccccc1)CCS2. The van der Waals surface area contributed by atoms with Crippen molar-refractivity contribution in [1.82, 2.24) is 4.90 Å². The van der Waals surface area contributed by atoms with Crippen molar-refractivity contribution in [3.63, 3.8) is 0 Å². The van der Waals surface area contributed by atoms with Crippen LogP contribution in [0.2, 0.25) is 0 Å². The molecule has 0 N–H and O–H groups in total. The van der Waals surface area contributed by atoms with Gasteiger partial charge >= 0.3 is 0 Å². The Balaban J connectivity index is 1.31. The van der Waals surface area contributed by atoms with E-state index >= 15 is 0 Å². The summed E-state index contributed by atoms with van der Waals surface area (Å²) < 4.78 is 6.12. The van der Waals surface area contributed by atoms with E-state index in [0.29, 0.717) is 0 Å². The van der Waals surface area contributed by atoms with Crippen LogP contribution in [-0.2, 0) is 6.42 Å². The molecule has 3 nitrogen and oxygen atoms in total. The third kappa shape index (κ3) is 5.03. The first-order chi connectivity index (χ1) is 13.8. The summed E-state index contributed by atoms with van der Waals surface area (Å²) in [5, 5.41) is 0. The number of hydrogen-bond donors (Lipinski definition) is 0. The summed E-state index contributed by atoms with van der Waals surface area (Å²) in [5.41, 5.74) is 2.75. The zero-order valence-corrected chi connectivity index (χ0v) is 17.8. The number of fused-ring (bicyclic) bond motifs is 1. The van der Waals surface area contributed by atoms with E-state index in [1.54, 1.807) is 0 Å². The first-order valence-electron chi connectivity index (χ1n) is 10.7. The molecule has 28 heavy (non-hydrogen) atoms. The Labute approximate surface area is 174 Å². The number of benzene rings is 2. The lowest BCUT2D eigenvalue weighted by Gasteiger charge is -2.31. The Morgan fingerprint density at radius 2 is 1.96 bits per heavy atom. The van der Waals surface area contributed by atoms with Crippen LogP contribution in [0.25, 0.3) is 0 Å². The average molecular weight is 397 g/mol. The van der Waals surface area contributed by atoms with Gasteiger partial charge in [0.1, 0.15) is 5.75 Å². The van der Waals surface area contributed by atoms with Gasteiger partial charge in [-0.2, -0.15) is 0 Å². The van der Waals surface area contributed by atoms with Crippen molar-refractivity contribution in [3.8, 4) is 5.75 Å². The van der Waals surface area contributed by atoms with Crippen molar-refractivity contribution < 1.29 is 4.74 Å². The molecule has 2 aliphatic rings.